The molecule has 2 aromatic rings. The van der Waals surface area contributed by atoms with Gasteiger partial charge >= 0.3 is 0 Å². The Morgan fingerprint density at radius 3 is 2.33 bits per heavy atom. The van der Waals surface area contributed by atoms with E-state index in [9.17, 15) is 9.12 Å². The van der Waals surface area contributed by atoms with Gasteiger partial charge in [-0.15, -0.1) is 4.91 Å². The van der Waals surface area contributed by atoms with Gasteiger partial charge in [-0.2, -0.15) is 0 Å². The third kappa shape index (κ3) is 3.33. The van der Waals surface area contributed by atoms with Crippen LogP contribution >= 0.6 is 0 Å². The molecular formula is C18H21N3O2S. The maximum absolute atomic E-state index is 13.2. The van der Waals surface area contributed by atoms with Gasteiger partial charge in [-0.3, -0.25) is 5.01 Å². The summed E-state index contributed by atoms with van der Waals surface area (Å²) >= 11 is 0. The summed E-state index contributed by atoms with van der Waals surface area (Å²) in [5, 5.41) is 4.53. The summed E-state index contributed by atoms with van der Waals surface area (Å²) in [6, 6.07) is 13.8. The highest BCUT2D eigenvalue weighted by molar-refractivity contribution is 7.85. The standard InChI is InChI=1S/C18H21N3O2S/c1-14-7-8-17(15(2)13-14)24(23)18-6-4-3-5-16(18)20-9-11-21(19-22)12-10-20/h3-8,13H,9-12H2,1-2H3. The fourth-order valence-electron chi connectivity index (χ4n) is 3.02. The van der Waals surface area contributed by atoms with E-state index in [0.717, 1.165) is 21.0 Å². The molecule has 24 heavy (non-hydrogen) atoms. The van der Waals surface area contributed by atoms with Crippen LogP contribution in [-0.4, -0.2) is 35.4 Å². The van der Waals surface area contributed by atoms with E-state index in [1.54, 1.807) is 0 Å². The first-order valence-electron chi connectivity index (χ1n) is 8.01. The molecule has 0 amide bonds. The van der Waals surface area contributed by atoms with Gasteiger partial charge in [-0.05, 0) is 37.6 Å². The Kier molecular flexibility index (Phi) is 4.94. The minimum absolute atomic E-state index is 0.591. The molecule has 2 aromatic carbocycles. The lowest BCUT2D eigenvalue weighted by Crippen LogP contribution is -2.44. The molecule has 0 aromatic heterocycles. The molecule has 0 radical (unpaired) electrons. The van der Waals surface area contributed by atoms with Crippen molar-refractivity contribution in [1.29, 1.82) is 0 Å². The van der Waals surface area contributed by atoms with Gasteiger partial charge in [0.25, 0.3) is 0 Å². The number of hydrogen-bond donors (Lipinski definition) is 0. The van der Waals surface area contributed by atoms with Gasteiger partial charge in [0.1, 0.15) is 0 Å². The molecule has 0 N–H and O–H groups in total. The fraction of sp³-hybridized carbons (Fsp3) is 0.333. The monoisotopic (exact) mass is 343 g/mol. The van der Waals surface area contributed by atoms with Gasteiger partial charge in [0.05, 0.1) is 39.8 Å². The van der Waals surface area contributed by atoms with E-state index in [4.69, 9.17) is 0 Å². The van der Waals surface area contributed by atoms with Crippen LogP contribution in [0.3, 0.4) is 0 Å². The normalized spacial score (nSPS) is 16.1. The number of piperazine rings is 1. The highest BCUT2D eigenvalue weighted by atomic mass is 32.2. The van der Waals surface area contributed by atoms with E-state index in [-0.39, 0.29) is 0 Å². The molecule has 0 aliphatic carbocycles. The summed E-state index contributed by atoms with van der Waals surface area (Å²) in [6.45, 7) is 6.62. The van der Waals surface area contributed by atoms with Gasteiger partial charge in [-0.25, -0.2) is 4.21 Å². The average Bonchev–Trinajstić information content (AvgIpc) is 2.61. The zero-order valence-corrected chi connectivity index (χ0v) is 14.8. The quantitative estimate of drug-likeness (QED) is 0.800. The summed E-state index contributed by atoms with van der Waals surface area (Å²) in [5.41, 5.74) is 3.18. The molecule has 1 aliphatic rings. The van der Waals surface area contributed by atoms with E-state index < -0.39 is 10.8 Å². The summed E-state index contributed by atoms with van der Waals surface area (Å²) in [5.74, 6) is 0. The number of aryl methyl sites for hydroxylation is 2. The van der Waals surface area contributed by atoms with E-state index in [1.807, 2.05) is 50.2 Å². The highest BCUT2D eigenvalue weighted by Gasteiger charge is 2.21. The first-order chi connectivity index (χ1) is 11.6. The Morgan fingerprint density at radius 1 is 0.958 bits per heavy atom. The van der Waals surface area contributed by atoms with Crippen LogP contribution in [0.4, 0.5) is 5.69 Å². The van der Waals surface area contributed by atoms with Crippen LogP contribution in [0, 0.1) is 18.8 Å². The Hall–Kier alpha value is -2.21. The van der Waals surface area contributed by atoms with Crippen LogP contribution in [0.15, 0.2) is 57.5 Å². The zero-order valence-electron chi connectivity index (χ0n) is 13.9. The Labute approximate surface area is 144 Å². The van der Waals surface area contributed by atoms with E-state index in [0.29, 0.717) is 26.2 Å². The molecule has 0 saturated carbocycles. The number of nitrogens with zero attached hydrogens (tertiary/aromatic N) is 3. The Bertz CT molecular complexity index is 771. The molecule has 1 aliphatic heterocycles. The van der Waals surface area contributed by atoms with Crippen LogP contribution in [0.5, 0.6) is 0 Å². The number of benzene rings is 2. The SMILES string of the molecule is Cc1ccc(S(=O)c2ccccc2N2CCN(N=O)CC2)c(C)c1. The molecule has 0 spiro atoms. The Balaban J connectivity index is 1.92. The number of anilines is 1. The van der Waals surface area contributed by atoms with Gasteiger partial charge in [0.15, 0.2) is 0 Å². The van der Waals surface area contributed by atoms with Crippen LogP contribution in [0.2, 0.25) is 0 Å². The second-order valence-corrected chi connectivity index (χ2v) is 7.44. The molecule has 1 heterocycles. The summed E-state index contributed by atoms with van der Waals surface area (Å²) in [4.78, 5) is 14.5. The number of nitroso groups, excluding NO2 is 1. The van der Waals surface area contributed by atoms with Gasteiger partial charge in [0.2, 0.25) is 0 Å². The predicted octanol–water partition coefficient (Wildman–Crippen LogP) is 3.27. The van der Waals surface area contributed by atoms with E-state index in [1.165, 1.54) is 10.6 Å². The fourth-order valence-corrected chi connectivity index (χ4v) is 4.39. The van der Waals surface area contributed by atoms with Crippen molar-refractivity contribution >= 4 is 16.5 Å². The molecular weight excluding hydrogens is 322 g/mol. The van der Waals surface area contributed by atoms with Crippen molar-refractivity contribution in [2.45, 2.75) is 23.6 Å². The second-order valence-electron chi connectivity index (χ2n) is 6.03. The second kappa shape index (κ2) is 7.13. The maximum atomic E-state index is 13.2. The van der Waals surface area contributed by atoms with Gasteiger partial charge in [0, 0.05) is 18.0 Å². The van der Waals surface area contributed by atoms with Gasteiger partial charge in [-0.1, -0.05) is 29.8 Å². The van der Waals surface area contributed by atoms with Crippen molar-refractivity contribution in [3.05, 3.63) is 58.5 Å². The predicted molar refractivity (Wildman–Crippen MR) is 96.6 cm³/mol. The first-order valence-corrected chi connectivity index (χ1v) is 9.16. The first kappa shape index (κ1) is 16.6. The third-order valence-electron chi connectivity index (χ3n) is 4.31. The minimum Gasteiger partial charge on any atom is -0.367 e. The highest BCUT2D eigenvalue weighted by Crippen LogP contribution is 2.29. The van der Waals surface area contributed by atoms with Gasteiger partial charge < -0.3 is 4.90 Å². The van der Waals surface area contributed by atoms with Crippen LogP contribution in [-0.2, 0) is 10.8 Å². The van der Waals surface area contributed by atoms with E-state index in [2.05, 4.69) is 16.3 Å². The lowest BCUT2D eigenvalue weighted by Gasteiger charge is -2.34. The van der Waals surface area contributed by atoms with Crippen molar-refractivity contribution in [2.24, 2.45) is 5.29 Å². The Morgan fingerprint density at radius 2 is 1.67 bits per heavy atom. The van der Waals surface area contributed by atoms with Crippen molar-refractivity contribution < 1.29 is 4.21 Å². The van der Waals surface area contributed by atoms with Crippen LogP contribution in [0.1, 0.15) is 11.1 Å². The molecule has 1 saturated heterocycles. The molecule has 1 atom stereocenters. The molecule has 1 fully saturated rings. The topological polar surface area (TPSA) is 53.0 Å². The number of para-hydroxylation sites is 1. The number of hydrogen-bond acceptors (Lipinski definition) is 4. The molecule has 5 nitrogen and oxygen atoms in total. The van der Waals surface area contributed by atoms with E-state index >= 15 is 0 Å². The molecule has 3 rings (SSSR count). The van der Waals surface area contributed by atoms with Crippen molar-refractivity contribution in [1.82, 2.24) is 5.01 Å². The maximum Gasteiger partial charge on any atom is 0.0873 e. The minimum atomic E-state index is -1.23. The van der Waals surface area contributed by atoms with Crippen LogP contribution < -0.4 is 4.90 Å². The van der Waals surface area contributed by atoms with Crippen molar-refractivity contribution in [3.8, 4) is 0 Å². The largest absolute Gasteiger partial charge is 0.367 e. The summed E-state index contributed by atoms with van der Waals surface area (Å²) in [6.07, 6.45) is 0. The third-order valence-corrected chi connectivity index (χ3v) is 5.91. The summed E-state index contributed by atoms with van der Waals surface area (Å²) < 4.78 is 13.2. The lowest BCUT2D eigenvalue weighted by atomic mass is 10.2. The number of rotatable bonds is 4. The molecule has 0 bridgehead atoms. The van der Waals surface area contributed by atoms with Crippen molar-refractivity contribution in [3.63, 3.8) is 0 Å². The van der Waals surface area contributed by atoms with Crippen molar-refractivity contribution in [2.75, 3.05) is 31.1 Å². The molecule has 1 unspecified atom stereocenters. The average molecular weight is 343 g/mol. The zero-order chi connectivity index (χ0) is 17.1. The van der Waals surface area contributed by atoms with Crippen LogP contribution in [0.25, 0.3) is 0 Å². The summed E-state index contributed by atoms with van der Waals surface area (Å²) in [7, 11) is -1.23. The smallest absolute Gasteiger partial charge is 0.0873 e. The molecule has 126 valence electrons. The lowest BCUT2D eigenvalue weighted by molar-refractivity contribution is 0.266. The molecule has 6 heteroatoms.